The first-order valence-electron chi connectivity index (χ1n) is 5.13. The molecule has 0 saturated heterocycles. The fraction of sp³-hybridized carbons (Fsp3) is 0.455. The van der Waals surface area contributed by atoms with Gasteiger partial charge in [-0.15, -0.1) is 0 Å². The van der Waals surface area contributed by atoms with E-state index in [1.54, 1.807) is 12.1 Å². The maximum atomic E-state index is 10.6. The van der Waals surface area contributed by atoms with E-state index in [0.717, 1.165) is 25.3 Å². The van der Waals surface area contributed by atoms with Gasteiger partial charge in [-0.1, -0.05) is 6.92 Å². The van der Waals surface area contributed by atoms with Crippen LogP contribution in [0, 0.1) is 0 Å². The molecule has 1 N–H and O–H groups in total. The molecule has 0 saturated carbocycles. The fourth-order valence-electron chi connectivity index (χ4n) is 1.40. The van der Waals surface area contributed by atoms with Crippen LogP contribution in [-0.4, -0.2) is 29.1 Å². The zero-order chi connectivity index (χ0) is 11.3. The van der Waals surface area contributed by atoms with Gasteiger partial charge in [0.15, 0.2) is 0 Å². The molecule has 1 aromatic heterocycles. The lowest BCUT2D eigenvalue weighted by atomic mass is 10.3. The SMILES string of the molecule is CCCN(CC)c1ccc(C(=O)O)cn1. The zero-order valence-electron chi connectivity index (χ0n) is 9.10. The number of nitrogens with zero attached hydrogens (tertiary/aromatic N) is 2. The lowest BCUT2D eigenvalue weighted by molar-refractivity contribution is 0.0696. The highest BCUT2D eigenvalue weighted by Gasteiger charge is 2.06. The zero-order valence-corrected chi connectivity index (χ0v) is 9.10. The third kappa shape index (κ3) is 2.94. The summed E-state index contributed by atoms with van der Waals surface area (Å²) in [5.41, 5.74) is 0.228. The molecule has 1 heterocycles. The van der Waals surface area contributed by atoms with E-state index in [-0.39, 0.29) is 5.56 Å². The molecule has 0 aliphatic carbocycles. The Kier molecular flexibility index (Phi) is 4.09. The Bertz CT molecular complexity index is 322. The Morgan fingerprint density at radius 1 is 1.47 bits per heavy atom. The summed E-state index contributed by atoms with van der Waals surface area (Å²) < 4.78 is 0. The van der Waals surface area contributed by atoms with Gasteiger partial charge in [-0.25, -0.2) is 9.78 Å². The first-order chi connectivity index (χ1) is 7.19. The molecular formula is C11H16N2O2. The van der Waals surface area contributed by atoms with E-state index in [4.69, 9.17) is 5.11 Å². The highest BCUT2D eigenvalue weighted by Crippen LogP contribution is 2.11. The van der Waals surface area contributed by atoms with Crippen molar-refractivity contribution in [2.45, 2.75) is 20.3 Å². The van der Waals surface area contributed by atoms with Gasteiger partial charge < -0.3 is 10.0 Å². The predicted molar refractivity (Wildman–Crippen MR) is 59.4 cm³/mol. The van der Waals surface area contributed by atoms with Crippen LogP contribution < -0.4 is 4.90 Å². The van der Waals surface area contributed by atoms with Crippen LogP contribution in [0.4, 0.5) is 5.82 Å². The van der Waals surface area contributed by atoms with Crippen LogP contribution >= 0.6 is 0 Å². The fourth-order valence-corrected chi connectivity index (χ4v) is 1.40. The summed E-state index contributed by atoms with van der Waals surface area (Å²) in [6.45, 7) is 5.99. The van der Waals surface area contributed by atoms with Crippen molar-refractivity contribution in [2.24, 2.45) is 0 Å². The molecule has 0 fully saturated rings. The molecule has 4 heteroatoms. The molecule has 0 aliphatic rings. The smallest absolute Gasteiger partial charge is 0.337 e. The van der Waals surface area contributed by atoms with E-state index in [1.165, 1.54) is 6.20 Å². The second-order valence-electron chi connectivity index (χ2n) is 3.29. The van der Waals surface area contributed by atoms with Crippen molar-refractivity contribution >= 4 is 11.8 Å². The minimum atomic E-state index is -0.937. The molecule has 1 rings (SSSR count). The topological polar surface area (TPSA) is 53.4 Å². The maximum absolute atomic E-state index is 10.6. The van der Waals surface area contributed by atoms with E-state index in [1.807, 2.05) is 0 Å². The van der Waals surface area contributed by atoms with Crippen LogP contribution in [0.1, 0.15) is 30.6 Å². The average molecular weight is 208 g/mol. The minimum absolute atomic E-state index is 0.228. The number of pyridine rings is 1. The predicted octanol–water partition coefficient (Wildman–Crippen LogP) is 2.02. The van der Waals surface area contributed by atoms with Crippen LogP contribution in [-0.2, 0) is 0 Å². The first kappa shape index (κ1) is 11.5. The van der Waals surface area contributed by atoms with Crippen LogP contribution in [0.3, 0.4) is 0 Å². The van der Waals surface area contributed by atoms with Crippen molar-refractivity contribution in [1.29, 1.82) is 0 Å². The van der Waals surface area contributed by atoms with Gasteiger partial charge in [-0.2, -0.15) is 0 Å². The first-order valence-corrected chi connectivity index (χ1v) is 5.13. The number of carboxylic acid groups (broad SMARTS) is 1. The van der Waals surface area contributed by atoms with E-state index >= 15 is 0 Å². The number of carboxylic acids is 1. The van der Waals surface area contributed by atoms with E-state index in [2.05, 4.69) is 23.7 Å². The van der Waals surface area contributed by atoms with Gasteiger partial charge in [0.1, 0.15) is 5.82 Å². The number of aromatic nitrogens is 1. The number of carbonyl (C=O) groups is 1. The normalized spacial score (nSPS) is 10.0. The molecule has 1 aromatic rings. The average Bonchev–Trinajstić information content (AvgIpc) is 2.26. The highest BCUT2D eigenvalue weighted by atomic mass is 16.4. The third-order valence-electron chi connectivity index (χ3n) is 2.19. The Morgan fingerprint density at radius 2 is 2.20 bits per heavy atom. The monoisotopic (exact) mass is 208 g/mol. The molecule has 0 atom stereocenters. The number of hydrogen-bond donors (Lipinski definition) is 1. The summed E-state index contributed by atoms with van der Waals surface area (Å²) in [6, 6.07) is 3.34. The van der Waals surface area contributed by atoms with Gasteiger partial charge in [0.25, 0.3) is 0 Å². The molecule has 0 spiro atoms. The third-order valence-corrected chi connectivity index (χ3v) is 2.19. The van der Waals surface area contributed by atoms with Crippen LogP contribution in [0.5, 0.6) is 0 Å². The molecular weight excluding hydrogens is 192 g/mol. The summed E-state index contributed by atoms with van der Waals surface area (Å²) in [6.07, 6.45) is 2.45. The standard InChI is InChI=1S/C11H16N2O2/c1-3-7-13(4-2)10-6-5-9(8-12-10)11(14)15/h5-6,8H,3-4,7H2,1-2H3,(H,14,15). The lowest BCUT2D eigenvalue weighted by Gasteiger charge is -2.20. The van der Waals surface area contributed by atoms with Crippen LogP contribution in [0.2, 0.25) is 0 Å². The van der Waals surface area contributed by atoms with Crippen molar-refractivity contribution in [3.8, 4) is 0 Å². The molecule has 82 valence electrons. The number of rotatable bonds is 5. The van der Waals surface area contributed by atoms with Gasteiger partial charge in [0.05, 0.1) is 5.56 Å². The van der Waals surface area contributed by atoms with Crippen molar-refractivity contribution in [3.05, 3.63) is 23.9 Å². The Balaban J connectivity index is 2.81. The van der Waals surface area contributed by atoms with E-state index in [9.17, 15) is 4.79 Å². The summed E-state index contributed by atoms with van der Waals surface area (Å²) >= 11 is 0. The summed E-state index contributed by atoms with van der Waals surface area (Å²) in [7, 11) is 0. The van der Waals surface area contributed by atoms with Gasteiger partial charge >= 0.3 is 5.97 Å². The van der Waals surface area contributed by atoms with Crippen molar-refractivity contribution < 1.29 is 9.90 Å². The summed E-state index contributed by atoms with van der Waals surface area (Å²) in [5.74, 6) is -0.100. The summed E-state index contributed by atoms with van der Waals surface area (Å²) in [5, 5.41) is 8.72. The number of hydrogen-bond acceptors (Lipinski definition) is 3. The molecule has 0 unspecified atom stereocenters. The Labute approximate surface area is 89.6 Å². The van der Waals surface area contributed by atoms with E-state index < -0.39 is 5.97 Å². The van der Waals surface area contributed by atoms with Gasteiger partial charge in [0.2, 0.25) is 0 Å². The molecule has 0 amide bonds. The quantitative estimate of drug-likeness (QED) is 0.804. The number of aromatic carboxylic acids is 1. The lowest BCUT2D eigenvalue weighted by Crippen LogP contribution is -2.24. The molecule has 0 bridgehead atoms. The van der Waals surface area contributed by atoms with E-state index in [0.29, 0.717) is 0 Å². The van der Waals surface area contributed by atoms with Crippen molar-refractivity contribution in [1.82, 2.24) is 4.98 Å². The minimum Gasteiger partial charge on any atom is -0.478 e. The Morgan fingerprint density at radius 3 is 2.60 bits per heavy atom. The second-order valence-corrected chi connectivity index (χ2v) is 3.29. The molecule has 0 aromatic carbocycles. The number of anilines is 1. The largest absolute Gasteiger partial charge is 0.478 e. The van der Waals surface area contributed by atoms with Crippen LogP contribution in [0.25, 0.3) is 0 Å². The van der Waals surface area contributed by atoms with Gasteiger partial charge in [-0.05, 0) is 25.5 Å². The second kappa shape index (κ2) is 5.34. The molecule has 4 nitrogen and oxygen atoms in total. The van der Waals surface area contributed by atoms with Gasteiger partial charge in [-0.3, -0.25) is 0 Å². The molecule has 0 radical (unpaired) electrons. The van der Waals surface area contributed by atoms with Crippen LogP contribution in [0.15, 0.2) is 18.3 Å². The molecule has 15 heavy (non-hydrogen) atoms. The van der Waals surface area contributed by atoms with Crippen molar-refractivity contribution in [3.63, 3.8) is 0 Å². The van der Waals surface area contributed by atoms with Gasteiger partial charge in [0, 0.05) is 19.3 Å². The molecule has 0 aliphatic heterocycles. The maximum Gasteiger partial charge on any atom is 0.337 e. The Hall–Kier alpha value is -1.58. The highest BCUT2D eigenvalue weighted by molar-refractivity contribution is 5.87. The summed E-state index contributed by atoms with van der Waals surface area (Å²) in [4.78, 5) is 16.9. The van der Waals surface area contributed by atoms with Crippen molar-refractivity contribution in [2.75, 3.05) is 18.0 Å².